The van der Waals surface area contributed by atoms with Crippen LogP contribution in [0.5, 0.6) is 5.75 Å². The van der Waals surface area contributed by atoms with Crippen LogP contribution in [0.1, 0.15) is 18.1 Å². The number of cyclic esters (lactones) is 1. The predicted octanol–water partition coefficient (Wildman–Crippen LogP) is 4.59. The van der Waals surface area contributed by atoms with E-state index in [1.807, 2.05) is 55.5 Å². The number of halogens is 1. The van der Waals surface area contributed by atoms with Gasteiger partial charge in [0.1, 0.15) is 12.4 Å². The largest absolute Gasteiger partial charge is 0.489 e. The maximum absolute atomic E-state index is 12.1. The molecule has 2 aromatic rings. The first-order valence-electron chi connectivity index (χ1n) is 7.67. The number of aliphatic imine (C=N–C) groups is 1. The fourth-order valence-corrected chi connectivity index (χ4v) is 2.54. The SMILES string of the molecule is C=C(C)COc1cccc(/C=C2\N=C(c3ccc(I)cc3)OC2=O)c1. The number of rotatable bonds is 5. The van der Waals surface area contributed by atoms with Crippen molar-refractivity contribution in [1.29, 1.82) is 0 Å². The van der Waals surface area contributed by atoms with E-state index in [0.29, 0.717) is 18.3 Å². The van der Waals surface area contributed by atoms with E-state index in [4.69, 9.17) is 9.47 Å². The molecule has 5 heteroatoms. The van der Waals surface area contributed by atoms with Crippen molar-refractivity contribution >= 4 is 40.5 Å². The Hall–Kier alpha value is -2.41. The Morgan fingerprint density at radius 1 is 1.28 bits per heavy atom. The van der Waals surface area contributed by atoms with Crippen LogP contribution in [0.4, 0.5) is 0 Å². The number of ether oxygens (including phenoxy) is 2. The maximum atomic E-state index is 12.1. The van der Waals surface area contributed by atoms with Crippen LogP contribution in [0.25, 0.3) is 6.08 Å². The lowest BCUT2D eigenvalue weighted by Crippen LogP contribution is -2.05. The Kier molecular flexibility index (Phi) is 5.33. The average molecular weight is 445 g/mol. The Balaban J connectivity index is 1.83. The molecule has 0 unspecified atom stereocenters. The first-order chi connectivity index (χ1) is 12.0. The van der Waals surface area contributed by atoms with Crippen molar-refractivity contribution in [2.24, 2.45) is 4.99 Å². The lowest BCUT2D eigenvalue weighted by atomic mass is 10.2. The molecule has 0 fully saturated rings. The third-order valence-corrected chi connectivity index (χ3v) is 4.08. The van der Waals surface area contributed by atoms with Gasteiger partial charge in [-0.3, -0.25) is 0 Å². The van der Waals surface area contributed by atoms with Crippen LogP contribution >= 0.6 is 22.6 Å². The summed E-state index contributed by atoms with van der Waals surface area (Å²) in [5, 5.41) is 0. The molecule has 0 saturated heterocycles. The highest BCUT2D eigenvalue weighted by Gasteiger charge is 2.24. The van der Waals surface area contributed by atoms with E-state index in [-0.39, 0.29) is 5.70 Å². The average Bonchev–Trinajstić information content (AvgIpc) is 2.95. The Morgan fingerprint density at radius 3 is 2.76 bits per heavy atom. The summed E-state index contributed by atoms with van der Waals surface area (Å²) in [5.41, 5.74) is 2.80. The summed E-state index contributed by atoms with van der Waals surface area (Å²) in [6.45, 7) is 6.17. The molecular formula is C20H16INO3. The second kappa shape index (κ2) is 7.65. The molecule has 4 nitrogen and oxygen atoms in total. The van der Waals surface area contributed by atoms with Crippen LogP contribution in [0.3, 0.4) is 0 Å². The zero-order valence-corrected chi connectivity index (χ0v) is 15.8. The van der Waals surface area contributed by atoms with Crippen LogP contribution in [0, 0.1) is 3.57 Å². The van der Waals surface area contributed by atoms with E-state index in [2.05, 4.69) is 34.2 Å². The van der Waals surface area contributed by atoms with Gasteiger partial charge in [-0.05, 0) is 83.1 Å². The van der Waals surface area contributed by atoms with Gasteiger partial charge in [-0.25, -0.2) is 9.79 Å². The number of carbonyl (C=O) groups is 1. The smallest absolute Gasteiger partial charge is 0.363 e. The summed E-state index contributed by atoms with van der Waals surface area (Å²) in [4.78, 5) is 16.4. The normalized spacial score (nSPS) is 15.0. The summed E-state index contributed by atoms with van der Waals surface area (Å²) in [5.74, 6) is 0.578. The molecule has 3 rings (SSSR count). The minimum absolute atomic E-state index is 0.269. The van der Waals surface area contributed by atoms with E-state index in [9.17, 15) is 4.79 Å². The molecular weight excluding hydrogens is 429 g/mol. The van der Waals surface area contributed by atoms with Crippen molar-refractivity contribution < 1.29 is 14.3 Å². The van der Waals surface area contributed by atoms with Gasteiger partial charge in [0.05, 0.1) is 0 Å². The molecule has 0 atom stereocenters. The van der Waals surface area contributed by atoms with Gasteiger partial charge in [0.15, 0.2) is 5.70 Å². The number of esters is 1. The van der Waals surface area contributed by atoms with Gasteiger partial charge in [0, 0.05) is 9.13 Å². The topological polar surface area (TPSA) is 47.9 Å². The van der Waals surface area contributed by atoms with Gasteiger partial charge in [-0.15, -0.1) is 0 Å². The monoisotopic (exact) mass is 445 g/mol. The van der Waals surface area contributed by atoms with E-state index in [1.165, 1.54) is 0 Å². The van der Waals surface area contributed by atoms with Crippen LogP contribution in [0.15, 0.2) is 71.4 Å². The predicted molar refractivity (Wildman–Crippen MR) is 107 cm³/mol. The minimum atomic E-state index is -0.457. The summed E-state index contributed by atoms with van der Waals surface area (Å²) in [7, 11) is 0. The lowest BCUT2D eigenvalue weighted by molar-refractivity contribution is -0.129. The van der Waals surface area contributed by atoms with Gasteiger partial charge in [-0.1, -0.05) is 18.7 Å². The van der Waals surface area contributed by atoms with Gasteiger partial charge >= 0.3 is 5.97 Å². The molecule has 1 aliphatic rings. The Morgan fingerprint density at radius 2 is 2.04 bits per heavy atom. The zero-order valence-electron chi connectivity index (χ0n) is 13.7. The Bertz CT molecular complexity index is 882. The summed E-state index contributed by atoms with van der Waals surface area (Å²) in [6.07, 6.45) is 1.69. The van der Waals surface area contributed by atoms with Crippen LogP contribution in [-0.2, 0) is 9.53 Å². The molecule has 0 aromatic heterocycles. The van der Waals surface area contributed by atoms with Crippen molar-refractivity contribution in [1.82, 2.24) is 0 Å². The highest BCUT2D eigenvalue weighted by molar-refractivity contribution is 14.1. The third kappa shape index (κ3) is 4.57. The minimum Gasteiger partial charge on any atom is -0.489 e. The van der Waals surface area contributed by atoms with E-state index in [0.717, 1.165) is 20.3 Å². The van der Waals surface area contributed by atoms with Crippen molar-refractivity contribution in [3.8, 4) is 5.75 Å². The molecule has 0 radical (unpaired) electrons. The summed E-state index contributed by atoms with van der Waals surface area (Å²) < 4.78 is 12.0. The van der Waals surface area contributed by atoms with Crippen molar-refractivity contribution in [2.75, 3.05) is 6.61 Å². The van der Waals surface area contributed by atoms with Crippen molar-refractivity contribution in [2.45, 2.75) is 6.92 Å². The molecule has 0 bridgehead atoms. The van der Waals surface area contributed by atoms with Crippen LogP contribution < -0.4 is 4.74 Å². The third-order valence-electron chi connectivity index (χ3n) is 3.36. The van der Waals surface area contributed by atoms with Crippen LogP contribution in [0.2, 0.25) is 0 Å². The number of carbonyl (C=O) groups excluding carboxylic acids is 1. The van der Waals surface area contributed by atoms with Gasteiger partial charge in [0.25, 0.3) is 0 Å². The standard InChI is InChI=1S/C20H16INO3/c1-13(2)12-24-17-5-3-4-14(10-17)11-18-20(23)25-19(22-18)15-6-8-16(21)9-7-15/h3-11H,1,12H2,2H3/b18-11-. The molecule has 1 heterocycles. The van der Waals surface area contributed by atoms with Gasteiger partial charge in [0.2, 0.25) is 5.90 Å². The number of benzene rings is 2. The lowest BCUT2D eigenvalue weighted by Gasteiger charge is -2.06. The first kappa shape index (κ1) is 17.4. The highest BCUT2D eigenvalue weighted by Crippen LogP contribution is 2.22. The second-order valence-electron chi connectivity index (χ2n) is 5.66. The van der Waals surface area contributed by atoms with Gasteiger partial charge in [-0.2, -0.15) is 0 Å². The fourth-order valence-electron chi connectivity index (χ4n) is 2.18. The number of hydrogen-bond donors (Lipinski definition) is 0. The number of nitrogens with zero attached hydrogens (tertiary/aromatic N) is 1. The van der Waals surface area contributed by atoms with E-state index >= 15 is 0 Å². The summed E-state index contributed by atoms with van der Waals surface area (Å²) in [6, 6.07) is 15.1. The molecule has 126 valence electrons. The van der Waals surface area contributed by atoms with Crippen LogP contribution in [-0.4, -0.2) is 18.5 Å². The molecule has 1 aliphatic heterocycles. The Labute approximate surface area is 160 Å². The van der Waals surface area contributed by atoms with Gasteiger partial charge < -0.3 is 9.47 Å². The molecule has 25 heavy (non-hydrogen) atoms. The second-order valence-corrected chi connectivity index (χ2v) is 6.91. The van der Waals surface area contributed by atoms with Crippen molar-refractivity contribution in [3.05, 3.63) is 81.1 Å². The molecule has 0 amide bonds. The molecule has 2 aromatic carbocycles. The molecule has 0 N–H and O–H groups in total. The quantitative estimate of drug-likeness (QED) is 0.293. The van der Waals surface area contributed by atoms with E-state index < -0.39 is 5.97 Å². The number of hydrogen-bond acceptors (Lipinski definition) is 4. The zero-order chi connectivity index (χ0) is 17.8. The highest BCUT2D eigenvalue weighted by atomic mass is 127. The maximum Gasteiger partial charge on any atom is 0.363 e. The molecule has 0 aliphatic carbocycles. The van der Waals surface area contributed by atoms with E-state index in [1.54, 1.807) is 6.08 Å². The summed E-state index contributed by atoms with van der Waals surface area (Å²) >= 11 is 2.22. The molecule has 0 spiro atoms. The first-order valence-corrected chi connectivity index (χ1v) is 8.75. The molecule has 0 saturated carbocycles. The van der Waals surface area contributed by atoms with Crippen molar-refractivity contribution in [3.63, 3.8) is 0 Å². The fraction of sp³-hybridized carbons (Fsp3) is 0.100.